The molecule has 1 aliphatic rings. The van der Waals surface area contributed by atoms with Gasteiger partial charge in [0.25, 0.3) is 0 Å². The largest absolute Gasteiger partial charge is 0.509 e. The number of para-hydroxylation sites is 3. The Labute approximate surface area is 449 Å². The maximum absolute atomic E-state index is 6.81. The van der Waals surface area contributed by atoms with Crippen molar-refractivity contribution in [1.82, 2.24) is 9.55 Å². The van der Waals surface area contributed by atoms with E-state index in [1.165, 1.54) is 16.7 Å². The van der Waals surface area contributed by atoms with E-state index in [0.29, 0.717) is 11.5 Å². The number of pyridine rings is 1. The van der Waals surface area contributed by atoms with Gasteiger partial charge in [0, 0.05) is 78.0 Å². The van der Waals surface area contributed by atoms with Gasteiger partial charge in [-0.05, 0) is 79.4 Å². The van der Waals surface area contributed by atoms with E-state index in [2.05, 4.69) is 269 Å². The van der Waals surface area contributed by atoms with Crippen LogP contribution in [0.3, 0.4) is 0 Å². The normalized spacial score (nSPS) is 12.5. The van der Waals surface area contributed by atoms with Crippen LogP contribution in [-0.4, -0.2) is 9.55 Å². The Morgan fingerprint density at radius 2 is 1.03 bits per heavy atom. The van der Waals surface area contributed by atoms with E-state index >= 15 is 0 Å². The van der Waals surface area contributed by atoms with E-state index in [1.54, 1.807) is 0 Å². The molecule has 2 aromatic heterocycles. The van der Waals surface area contributed by atoms with Crippen LogP contribution in [0.1, 0.15) is 52.7 Å². The predicted molar refractivity (Wildman–Crippen MR) is 303 cm³/mol. The van der Waals surface area contributed by atoms with Crippen LogP contribution in [0, 0.1) is 18.8 Å². The molecule has 3 heterocycles. The molecule has 0 aliphatic carbocycles. The summed E-state index contributed by atoms with van der Waals surface area (Å²) in [6.45, 7) is 15.8. The van der Waals surface area contributed by atoms with Crippen LogP contribution in [0.2, 0.25) is 0 Å². The smallest absolute Gasteiger partial charge is 0.135 e. The van der Waals surface area contributed by atoms with Crippen molar-refractivity contribution in [1.29, 1.82) is 0 Å². The fourth-order valence-corrected chi connectivity index (χ4v) is 10.3. The molecule has 366 valence electrons. The van der Waals surface area contributed by atoms with Crippen molar-refractivity contribution in [2.45, 2.75) is 52.4 Å². The summed E-state index contributed by atoms with van der Waals surface area (Å²) in [6.07, 6.45) is 2.03. The minimum absolute atomic E-state index is 0. The minimum Gasteiger partial charge on any atom is -0.509 e. The number of ether oxygens (including phenoxy) is 1. The maximum atomic E-state index is 6.81. The minimum atomic E-state index is -0.160. The van der Waals surface area contributed by atoms with Crippen molar-refractivity contribution in [2.75, 3.05) is 9.80 Å². The summed E-state index contributed by atoms with van der Waals surface area (Å²) in [7, 11) is 0. The molecule has 12 rings (SSSR count). The summed E-state index contributed by atoms with van der Waals surface area (Å²) in [5.41, 5.74) is 17.6. The maximum Gasteiger partial charge on any atom is 0.135 e. The van der Waals surface area contributed by atoms with Gasteiger partial charge >= 0.3 is 0 Å². The van der Waals surface area contributed by atoms with Gasteiger partial charge in [-0.15, -0.1) is 48.1 Å². The number of hydrogen-bond donors (Lipinski definition) is 0. The van der Waals surface area contributed by atoms with Crippen LogP contribution in [-0.2, 0) is 31.9 Å². The molecule has 0 fully saturated rings. The molecule has 0 bridgehead atoms. The number of anilines is 4. The summed E-state index contributed by atoms with van der Waals surface area (Å²) in [4.78, 5) is 9.75. The number of hydrogen-bond acceptors (Lipinski definition) is 4. The molecule has 1 aliphatic heterocycles. The van der Waals surface area contributed by atoms with E-state index in [1.807, 2.05) is 24.4 Å². The van der Waals surface area contributed by atoms with Gasteiger partial charge in [-0.2, -0.15) is 12.1 Å². The van der Waals surface area contributed by atoms with E-state index < -0.39 is 0 Å². The second-order valence-electron chi connectivity index (χ2n) is 21.0. The Hall–Kier alpha value is -7.98. The van der Waals surface area contributed by atoms with Crippen LogP contribution in [0.4, 0.5) is 22.7 Å². The zero-order chi connectivity index (χ0) is 49.8. The van der Waals surface area contributed by atoms with Gasteiger partial charge in [0.2, 0.25) is 0 Å². The van der Waals surface area contributed by atoms with Crippen LogP contribution in [0.15, 0.2) is 219 Å². The average molecular weight is 1140 g/mol. The van der Waals surface area contributed by atoms with Crippen molar-refractivity contribution in [3.8, 4) is 61.8 Å². The second-order valence-corrected chi connectivity index (χ2v) is 21.0. The monoisotopic (exact) mass is 1140 g/mol. The van der Waals surface area contributed by atoms with Gasteiger partial charge in [-0.25, -0.2) is 4.98 Å². The predicted octanol–water partition coefficient (Wildman–Crippen LogP) is 18.2. The van der Waals surface area contributed by atoms with Crippen LogP contribution < -0.4 is 14.5 Å². The molecule has 11 aromatic rings. The van der Waals surface area contributed by atoms with Crippen LogP contribution >= 0.6 is 0 Å². The summed E-state index contributed by atoms with van der Waals surface area (Å²) in [5.74, 6) is 1.98. The molecule has 0 spiro atoms. The number of benzene rings is 9. The number of nitrogens with zero attached hydrogens (tertiary/aromatic N) is 4. The number of fused-ring (bicyclic) bond motifs is 4. The van der Waals surface area contributed by atoms with Gasteiger partial charge in [0.1, 0.15) is 5.82 Å². The standard InChI is InChI=1S/C68H55N4O.Pt/c1-67(2,3)51-35-32-46(33-36-51)50-34-39-61-58(40-50)57-38-37-54(42-64(57)72(61)65-43-60(68(4,5)6)59(44-69-65)49-24-14-9-15-25-49)73-53-27-18-26-52(41-53)70-45-71(63-31-17-16-30-62(63)70)66-55(47-20-10-7-11-21-47)28-19-29-56(66)48-22-12-8-13-23-48;/h7-40,43-45H,1-6H3;/q-3;. The first-order chi connectivity index (χ1) is 35.5. The first kappa shape index (κ1) is 48.3. The zero-order valence-electron chi connectivity index (χ0n) is 42.4. The third-order valence-electron chi connectivity index (χ3n) is 14.1. The van der Waals surface area contributed by atoms with Crippen molar-refractivity contribution in [2.24, 2.45) is 0 Å². The molecule has 0 amide bonds. The number of rotatable bonds is 9. The summed E-state index contributed by atoms with van der Waals surface area (Å²) in [6, 6.07) is 82.6. The fraction of sp³-hybridized carbons (Fsp3) is 0.118. The Morgan fingerprint density at radius 3 is 1.65 bits per heavy atom. The van der Waals surface area contributed by atoms with Gasteiger partial charge in [0.15, 0.2) is 0 Å². The molecule has 0 saturated heterocycles. The molecule has 6 heteroatoms. The molecule has 0 unspecified atom stereocenters. The molecule has 9 aromatic carbocycles. The molecule has 0 atom stereocenters. The topological polar surface area (TPSA) is 33.5 Å². The van der Waals surface area contributed by atoms with Gasteiger partial charge < -0.3 is 19.1 Å². The van der Waals surface area contributed by atoms with Gasteiger partial charge in [-0.1, -0.05) is 205 Å². The fourth-order valence-electron chi connectivity index (χ4n) is 10.3. The SMILES string of the molecule is CC(C)(C)c1ccc(-c2ccc3c(c2)c2ccc(Oc4[c-]c(N5[CH-]N(c6c(-c7ccccc7)cccc6-c6ccccc6)c6ccccc65)ccc4)[c-]c2n3-c2cc(C(C)(C)C)c(-c3ccccc3)cn2)cc1.[Pt]. The Balaban J connectivity index is 0.00000588. The third kappa shape index (κ3) is 9.01. The summed E-state index contributed by atoms with van der Waals surface area (Å²) < 4.78 is 9.06. The molecule has 0 N–H and O–H groups in total. The molecule has 74 heavy (non-hydrogen) atoms. The van der Waals surface area contributed by atoms with Crippen LogP contribution in [0.25, 0.3) is 72.1 Å². The van der Waals surface area contributed by atoms with E-state index in [4.69, 9.17) is 9.72 Å². The van der Waals surface area contributed by atoms with E-state index in [0.717, 1.165) is 89.3 Å². The Bertz CT molecular complexity index is 3760. The van der Waals surface area contributed by atoms with E-state index in [9.17, 15) is 0 Å². The van der Waals surface area contributed by atoms with Crippen molar-refractivity contribution >= 4 is 44.6 Å². The Morgan fingerprint density at radius 1 is 0.459 bits per heavy atom. The third-order valence-corrected chi connectivity index (χ3v) is 14.1. The summed E-state index contributed by atoms with van der Waals surface area (Å²) in [5, 5.41) is 2.18. The molecule has 0 saturated carbocycles. The van der Waals surface area contributed by atoms with Crippen molar-refractivity contribution in [3.05, 3.63) is 248 Å². The first-order valence-corrected chi connectivity index (χ1v) is 25.1. The second kappa shape index (κ2) is 19.5. The molecule has 5 nitrogen and oxygen atoms in total. The Kier molecular flexibility index (Phi) is 12.7. The van der Waals surface area contributed by atoms with Gasteiger partial charge in [0.05, 0.1) is 0 Å². The average Bonchev–Trinajstić information content (AvgIpc) is 3.96. The quantitative estimate of drug-likeness (QED) is 0.135. The van der Waals surface area contributed by atoms with Crippen molar-refractivity contribution in [3.63, 3.8) is 0 Å². The first-order valence-electron chi connectivity index (χ1n) is 25.1. The van der Waals surface area contributed by atoms with E-state index in [-0.39, 0.29) is 31.9 Å². The summed E-state index contributed by atoms with van der Waals surface area (Å²) >= 11 is 0. The van der Waals surface area contributed by atoms with Crippen LogP contribution in [0.5, 0.6) is 11.5 Å². The number of aromatic nitrogens is 2. The molecular weight excluding hydrogens is 1080 g/mol. The van der Waals surface area contributed by atoms with Crippen molar-refractivity contribution < 1.29 is 25.8 Å². The van der Waals surface area contributed by atoms with Gasteiger partial charge in [-0.3, -0.25) is 0 Å². The molecular formula is C68H55N4OPt-3. The zero-order valence-corrected chi connectivity index (χ0v) is 44.6. The molecule has 0 radical (unpaired) electrons.